The number of fused-ring (bicyclic) bond motifs is 5. The number of likely N-dealkylation sites (tertiary alicyclic amines) is 1. The number of quaternary nitrogens is 1. The maximum Gasteiger partial charge on any atom is 0.362 e. The number of esters is 2. The summed E-state index contributed by atoms with van der Waals surface area (Å²) in [5.41, 5.74) is 0.841. The summed E-state index contributed by atoms with van der Waals surface area (Å²) >= 11 is 0. The summed E-state index contributed by atoms with van der Waals surface area (Å²) in [6.07, 6.45) is 16.9. The first-order valence-corrected chi connectivity index (χ1v) is 16.2. The fraction of sp³-hybridized carbons (Fsp3) is 0.939. The van der Waals surface area contributed by atoms with Crippen molar-refractivity contribution in [3.8, 4) is 0 Å². The maximum absolute atomic E-state index is 12.9. The molecule has 0 amide bonds. The number of piperidine rings is 1. The Bertz CT molecular complexity index is 867. The summed E-state index contributed by atoms with van der Waals surface area (Å²) in [5, 5.41) is 0. The lowest BCUT2D eigenvalue weighted by Gasteiger charge is -2.61. The van der Waals surface area contributed by atoms with Crippen LogP contribution in [0.15, 0.2) is 0 Å². The first-order valence-electron chi connectivity index (χ1n) is 16.2. The molecule has 4 aliphatic carbocycles. The van der Waals surface area contributed by atoms with Gasteiger partial charge < -0.3 is 14.0 Å². The monoisotopic (exact) mass is 530 g/mol. The summed E-state index contributed by atoms with van der Waals surface area (Å²) in [6.45, 7) is 10.4. The van der Waals surface area contributed by atoms with Crippen molar-refractivity contribution in [3.05, 3.63) is 0 Å². The van der Waals surface area contributed by atoms with Crippen LogP contribution in [0.3, 0.4) is 0 Å². The first-order chi connectivity index (χ1) is 18.1. The second kappa shape index (κ2) is 11.1. The van der Waals surface area contributed by atoms with Crippen LogP contribution >= 0.6 is 0 Å². The Kier molecular flexibility index (Phi) is 8.27. The van der Waals surface area contributed by atoms with Crippen LogP contribution < -0.4 is 0 Å². The normalized spacial score (nSPS) is 42.8. The number of ether oxygens (including phenoxy) is 2. The van der Waals surface area contributed by atoms with E-state index in [-0.39, 0.29) is 18.0 Å². The molecule has 0 bridgehead atoms. The van der Waals surface area contributed by atoms with Gasteiger partial charge in [-0.15, -0.1) is 0 Å². The predicted octanol–water partition coefficient (Wildman–Crippen LogP) is 6.78. The van der Waals surface area contributed by atoms with Crippen LogP contribution in [0.4, 0.5) is 0 Å². The number of methoxy groups -OCH3 is 1. The minimum absolute atomic E-state index is 0.0449. The number of nitrogens with zero attached hydrogens (tertiary/aromatic N) is 1. The van der Waals surface area contributed by atoms with Gasteiger partial charge in [0.25, 0.3) is 0 Å². The molecule has 5 aliphatic rings. The molecule has 5 nitrogen and oxygen atoms in total. The van der Waals surface area contributed by atoms with E-state index < -0.39 is 0 Å². The Morgan fingerprint density at radius 3 is 2.34 bits per heavy atom. The minimum atomic E-state index is -0.0601. The third-order valence-electron chi connectivity index (χ3n) is 13.1. The molecule has 0 aromatic heterocycles. The van der Waals surface area contributed by atoms with E-state index in [0.29, 0.717) is 35.6 Å². The molecular weight excluding hydrogens is 474 g/mol. The Balaban J connectivity index is 1.19. The van der Waals surface area contributed by atoms with Gasteiger partial charge in [-0.2, -0.15) is 0 Å². The van der Waals surface area contributed by atoms with Gasteiger partial charge in [-0.25, -0.2) is 4.79 Å². The van der Waals surface area contributed by atoms with Gasteiger partial charge in [0.05, 0.1) is 27.2 Å². The number of hydrogen-bond acceptors (Lipinski definition) is 4. The van der Waals surface area contributed by atoms with Crippen molar-refractivity contribution in [2.45, 2.75) is 117 Å². The number of likely N-dealkylation sites (N-methyl/N-ethyl adjacent to an activating group) is 1. The molecule has 0 unspecified atom stereocenters. The van der Waals surface area contributed by atoms with Crippen LogP contribution in [0, 0.1) is 46.3 Å². The molecule has 9 atom stereocenters. The van der Waals surface area contributed by atoms with Crippen molar-refractivity contribution in [1.29, 1.82) is 0 Å². The zero-order chi connectivity index (χ0) is 27.1. The van der Waals surface area contributed by atoms with Gasteiger partial charge in [-0.3, -0.25) is 4.79 Å². The molecule has 1 aliphatic heterocycles. The van der Waals surface area contributed by atoms with Gasteiger partial charge >= 0.3 is 11.9 Å². The highest BCUT2D eigenvalue weighted by Crippen LogP contribution is 2.68. The zero-order valence-electron chi connectivity index (χ0n) is 25.1. The lowest BCUT2D eigenvalue weighted by molar-refractivity contribution is -0.907. The quantitative estimate of drug-likeness (QED) is 0.269. The van der Waals surface area contributed by atoms with E-state index in [0.717, 1.165) is 60.5 Å². The SMILES string of the molecule is COC(=O)CC[C@@H](C)[C@H]1CC[C@H]2[C@@H]3CC[C@@H]4C[C@H](OC(=O)C[N+]5(C)CCCCC5)CC[C@]4(C)[C@H]3CC[C@]12C. The molecule has 38 heavy (non-hydrogen) atoms. The number of hydrogen-bond donors (Lipinski definition) is 0. The fourth-order valence-corrected chi connectivity index (χ4v) is 10.9. The van der Waals surface area contributed by atoms with Gasteiger partial charge in [-0.05, 0) is 130 Å². The van der Waals surface area contributed by atoms with E-state index in [9.17, 15) is 9.59 Å². The topological polar surface area (TPSA) is 52.6 Å². The largest absolute Gasteiger partial charge is 0.469 e. The molecule has 0 spiro atoms. The summed E-state index contributed by atoms with van der Waals surface area (Å²) in [5.74, 6) is 4.55. The standard InChI is InChI=1S/C33H56NO4/c1-23(9-14-30(35)37-5)27-12-13-28-26-11-10-24-21-25(38-31(36)22-34(4)19-7-6-8-20-34)15-17-32(24,2)29(26)16-18-33(27,28)3/h23-29H,6-22H2,1-5H3/q+1/t23-,24-,25-,26+,27-,28+,29+,32+,33-/m1/s1. The molecule has 1 saturated heterocycles. The molecule has 0 aromatic carbocycles. The summed E-state index contributed by atoms with van der Waals surface area (Å²) < 4.78 is 12.0. The lowest BCUT2D eigenvalue weighted by atomic mass is 9.44. The molecule has 5 heteroatoms. The van der Waals surface area contributed by atoms with Crippen molar-refractivity contribution >= 4 is 11.9 Å². The summed E-state index contributed by atoms with van der Waals surface area (Å²) in [7, 11) is 3.75. The van der Waals surface area contributed by atoms with Crippen molar-refractivity contribution in [3.63, 3.8) is 0 Å². The second-order valence-electron chi connectivity index (χ2n) is 15.1. The van der Waals surface area contributed by atoms with Gasteiger partial charge in [0, 0.05) is 6.42 Å². The Morgan fingerprint density at radius 2 is 1.61 bits per heavy atom. The van der Waals surface area contributed by atoms with E-state index in [2.05, 4.69) is 27.8 Å². The Labute approximate surface area is 232 Å². The first kappa shape index (κ1) is 28.4. The number of carbonyl (C=O) groups excluding carboxylic acids is 2. The highest BCUT2D eigenvalue weighted by molar-refractivity contribution is 5.70. The van der Waals surface area contributed by atoms with Crippen LogP contribution in [-0.2, 0) is 19.1 Å². The third-order valence-corrected chi connectivity index (χ3v) is 13.1. The maximum atomic E-state index is 12.9. The van der Waals surface area contributed by atoms with Crippen LogP contribution in [0.25, 0.3) is 0 Å². The van der Waals surface area contributed by atoms with Gasteiger partial charge in [0.1, 0.15) is 6.10 Å². The van der Waals surface area contributed by atoms with E-state index in [4.69, 9.17) is 9.47 Å². The predicted molar refractivity (Wildman–Crippen MR) is 150 cm³/mol. The van der Waals surface area contributed by atoms with Crippen molar-refractivity contribution in [1.82, 2.24) is 0 Å². The van der Waals surface area contributed by atoms with E-state index >= 15 is 0 Å². The molecule has 1 heterocycles. The van der Waals surface area contributed by atoms with E-state index in [1.54, 1.807) is 0 Å². The average Bonchev–Trinajstić information content (AvgIpc) is 3.24. The van der Waals surface area contributed by atoms with Crippen LogP contribution in [0.1, 0.15) is 111 Å². The van der Waals surface area contributed by atoms with E-state index in [1.807, 2.05) is 0 Å². The van der Waals surface area contributed by atoms with Crippen molar-refractivity contribution in [2.75, 3.05) is 33.8 Å². The minimum Gasteiger partial charge on any atom is -0.469 e. The molecule has 5 fully saturated rings. The smallest absolute Gasteiger partial charge is 0.362 e. The van der Waals surface area contributed by atoms with Crippen molar-refractivity contribution in [2.24, 2.45) is 46.3 Å². The van der Waals surface area contributed by atoms with Crippen LogP contribution in [0.2, 0.25) is 0 Å². The number of rotatable bonds is 7. The number of carbonyl (C=O) groups is 2. The van der Waals surface area contributed by atoms with Crippen LogP contribution in [0.5, 0.6) is 0 Å². The molecular formula is C33H56NO4+. The Hall–Kier alpha value is -1.10. The van der Waals surface area contributed by atoms with Gasteiger partial charge in [0.15, 0.2) is 6.54 Å². The molecule has 4 saturated carbocycles. The molecule has 5 rings (SSSR count). The molecule has 0 radical (unpaired) electrons. The Morgan fingerprint density at radius 1 is 0.895 bits per heavy atom. The lowest BCUT2D eigenvalue weighted by Crippen LogP contribution is -2.55. The van der Waals surface area contributed by atoms with Crippen molar-refractivity contribution < 1.29 is 23.5 Å². The van der Waals surface area contributed by atoms with Gasteiger partial charge in [0.2, 0.25) is 0 Å². The molecule has 0 N–H and O–H groups in total. The molecule has 216 valence electrons. The summed E-state index contributed by atoms with van der Waals surface area (Å²) in [4.78, 5) is 24.7. The fourth-order valence-electron chi connectivity index (χ4n) is 10.9. The average molecular weight is 531 g/mol. The molecule has 0 aromatic rings. The van der Waals surface area contributed by atoms with E-state index in [1.165, 1.54) is 71.3 Å². The second-order valence-corrected chi connectivity index (χ2v) is 15.1. The highest BCUT2D eigenvalue weighted by Gasteiger charge is 2.60. The third kappa shape index (κ3) is 5.31. The highest BCUT2D eigenvalue weighted by atomic mass is 16.5. The summed E-state index contributed by atoms with van der Waals surface area (Å²) in [6, 6.07) is 0. The van der Waals surface area contributed by atoms with Gasteiger partial charge in [-0.1, -0.05) is 20.8 Å². The van der Waals surface area contributed by atoms with Crippen LogP contribution in [-0.4, -0.2) is 56.3 Å². The zero-order valence-corrected chi connectivity index (χ0v) is 25.1.